The molecule has 3 nitrogen and oxygen atoms in total. The van der Waals surface area contributed by atoms with Crippen LogP contribution in [0.4, 0.5) is 0 Å². The maximum Gasteiger partial charge on any atom is 0.119 e. The molecule has 3 rings (SSSR count). The lowest BCUT2D eigenvalue weighted by Gasteiger charge is -2.13. The second-order valence-corrected chi connectivity index (χ2v) is 3.91. The number of hydrazine groups is 1. The van der Waals surface area contributed by atoms with E-state index in [2.05, 4.69) is 28.6 Å². The highest BCUT2D eigenvalue weighted by Gasteiger charge is 2.33. The molecule has 1 unspecified atom stereocenters. The van der Waals surface area contributed by atoms with Gasteiger partial charge in [-0.25, -0.2) is 5.01 Å². The molecule has 1 fully saturated rings. The Balaban J connectivity index is 2.01. The second kappa shape index (κ2) is 2.97. The lowest BCUT2D eigenvalue weighted by molar-refractivity contribution is 0.204. The van der Waals surface area contributed by atoms with Crippen molar-refractivity contribution in [3.63, 3.8) is 0 Å². The van der Waals surface area contributed by atoms with Crippen LogP contribution < -0.4 is 10.2 Å². The summed E-state index contributed by atoms with van der Waals surface area (Å²) < 4.78 is 5.22. The maximum absolute atomic E-state index is 5.22. The lowest BCUT2D eigenvalue weighted by Crippen LogP contribution is -2.27. The molecule has 0 aliphatic carbocycles. The van der Waals surface area contributed by atoms with Gasteiger partial charge in [0.25, 0.3) is 0 Å². The quantitative estimate of drug-likeness (QED) is 0.725. The highest BCUT2D eigenvalue weighted by atomic mass is 16.5. The molecule has 14 heavy (non-hydrogen) atoms. The van der Waals surface area contributed by atoms with E-state index in [9.17, 15) is 0 Å². The summed E-state index contributed by atoms with van der Waals surface area (Å²) >= 11 is 0. The van der Waals surface area contributed by atoms with Gasteiger partial charge in [-0.1, -0.05) is 6.07 Å². The van der Waals surface area contributed by atoms with Crippen LogP contribution in [-0.4, -0.2) is 18.7 Å². The van der Waals surface area contributed by atoms with Crippen LogP contribution in [0.5, 0.6) is 5.75 Å². The van der Waals surface area contributed by atoms with Gasteiger partial charge >= 0.3 is 0 Å². The molecule has 1 saturated heterocycles. The molecule has 74 valence electrons. The first-order valence-corrected chi connectivity index (χ1v) is 5.05. The van der Waals surface area contributed by atoms with Crippen LogP contribution in [-0.2, 0) is 6.54 Å². The number of hydrogen-bond donors (Lipinski definition) is 1. The van der Waals surface area contributed by atoms with Gasteiger partial charge in [-0.05, 0) is 29.7 Å². The van der Waals surface area contributed by atoms with E-state index in [-0.39, 0.29) is 0 Å². The Hall–Kier alpha value is -1.06. The Morgan fingerprint density at radius 3 is 3.29 bits per heavy atom. The summed E-state index contributed by atoms with van der Waals surface area (Å²) in [5.41, 5.74) is 6.27. The first kappa shape index (κ1) is 8.26. The molecule has 2 heterocycles. The van der Waals surface area contributed by atoms with Gasteiger partial charge < -0.3 is 4.74 Å². The summed E-state index contributed by atoms with van der Waals surface area (Å²) in [6, 6.07) is 7.00. The number of hydrogen-bond acceptors (Lipinski definition) is 3. The van der Waals surface area contributed by atoms with E-state index in [0.29, 0.717) is 6.04 Å². The molecular formula is C11H14N2O. The van der Waals surface area contributed by atoms with Gasteiger partial charge in [0, 0.05) is 13.1 Å². The molecule has 0 bridgehead atoms. The van der Waals surface area contributed by atoms with Gasteiger partial charge in [0.05, 0.1) is 13.2 Å². The van der Waals surface area contributed by atoms with Crippen LogP contribution in [0.15, 0.2) is 18.2 Å². The van der Waals surface area contributed by atoms with Crippen molar-refractivity contribution in [2.45, 2.75) is 19.0 Å². The molecule has 1 aromatic carbocycles. The fourth-order valence-corrected chi connectivity index (χ4v) is 2.46. The van der Waals surface area contributed by atoms with E-state index in [4.69, 9.17) is 4.74 Å². The third-order valence-corrected chi connectivity index (χ3v) is 3.16. The Bertz CT molecular complexity index is 364. The van der Waals surface area contributed by atoms with Gasteiger partial charge in [-0.3, -0.25) is 5.43 Å². The minimum atomic E-state index is 0.593. The molecule has 3 heteroatoms. The number of nitrogens with one attached hydrogen (secondary N) is 1. The van der Waals surface area contributed by atoms with E-state index in [1.807, 2.05) is 0 Å². The molecular weight excluding hydrogens is 176 g/mol. The van der Waals surface area contributed by atoms with Crippen LogP contribution in [0, 0.1) is 0 Å². The smallest absolute Gasteiger partial charge is 0.119 e. The van der Waals surface area contributed by atoms with E-state index in [1.54, 1.807) is 7.11 Å². The van der Waals surface area contributed by atoms with Crippen molar-refractivity contribution in [3.8, 4) is 5.75 Å². The molecule has 1 atom stereocenters. The van der Waals surface area contributed by atoms with Crippen LogP contribution >= 0.6 is 0 Å². The number of nitrogens with zero attached hydrogens (tertiary/aromatic N) is 1. The minimum absolute atomic E-state index is 0.593. The normalized spacial score (nSPS) is 24.8. The first-order chi connectivity index (χ1) is 6.88. The Morgan fingerprint density at radius 1 is 1.50 bits per heavy atom. The van der Waals surface area contributed by atoms with Crippen molar-refractivity contribution in [2.24, 2.45) is 0 Å². The average molecular weight is 190 g/mol. The van der Waals surface area contributed by atoms with Gasteiger partial charge in [0.2, 0.25) is 0 Å². The van der Waals surface area contributed by atoms with Gasteiger partial charge in [0.1, 0.15) is 5.75 Å². The van der Waals surface area contributed by atoms with Crippen molar-refractivity contribution in [1.82, 2.24) is 10.4 Å². The first-order valence-electron chi connectivity index (χ1n) is 5.05. The fraction of sp³-hybridized carbons (Fsp3) is 0.455. The Labute approximate surface area is 83.6 Å². The molecule has 2 aliphatic heterocycles. The number of methoxy groups -OCH3 is 1. The molecule has 0 aromatic heterocycles. The van der Waals surface area contributed by atoms with Crippen LogP contribution in [0.2, 0.25) is 0 Å². The molecule has 1 aromatic rings. The van der Waals surface area contributed by atoms with Crippen LogP contribution in [0.3, 0.4) is 0 Å². The van der Waals surface area contributed by atoms with Crippen LogP contribution in [0.1, 0.15) is 23.6 Å². The predicted molar refractivity (Wildman–Crippen MR) is 53.9 cm³/mol. The van der Waals surface area contributed by atoms with E-state index < -0.39 is 0 Å². The highest BCUT2D eigenvalue weighted by Crippen LogP contribution is 2.38. The zero-order valence-electron chi connectivity index (χ0n) is 8.29. The Morgan fingerprint density at radius 2 is 2.43 bits per heavy atom. The second-order valence-electron chi connectivity index (χ2n) is 3.91. The third kappa shape index (κ3) is 1.06. The van der Waals surface area contributed by atoms with Crippen molar-refractivity contribution in [2.75, 3.05) is 13.7 Å². The molecule has 0 amide bonds. The van der Waals surface area contributed by atoms with E-state index in [1.165, 1.54) is 17.5 Å². The monoisotopic (exact) mass is 190 g/mol. The van der Waals surface area contributed by atoms with Crippen molar-refractivity contribution < 1.29 is 4.74 Å². The summed E-state index contributed by atoms with van der Waals surface area (Å²) in [7, 11) is 1.72. The largest absolute Gasteiger partial charge is 0.497 e. The minimum Gasteiger partial charge on any atom is -0.497 e. The van der Waals surface area contributed by atoms with Crippen LogP contribution in [0.25, 0.3) is 0 Å². The fourth-order valence-electron chi connectivity index (χ4n) is 2.46. The molecule has 0 spiro atoms. The number of rotatable bonds is 1. The molecule has 0 radical (unpaired) electrons. The van der Waals surface area contributed by atoms with Gasteiger partial charge in [-0.2, -0.15) is 0 Å². The summed E-state index contributed by atoms with van der Waals surface area (Å²) in [4.78, 5) is 0. The van der Waals surface area contributed by atoms with Crippen molar-refractivity contribution >= 4 is 0 Å². The molecule has 2 aliphatic rings. The summed E-state index contributed by atoms with van der Waals surface area (Å²) in [6.45, 7) is 2.12. The Kier molecular flexibility index (Phi) is 1.75. The predicted octanol–water partition coefficient (Wildman–Crippen LogP) is 1.46. The number of ether oxygens (including phenoxy) is 1. The zero-order chi connectivity index (χ0) is 9.54. The molecule has 1 N–H and O–H groups in total. The summed E-state index contributed by atoms with van der Waals surface area (Å²) in [6.07, 6.45) is 1.22. The lowest BCUT2D eigenvalue weighted by atomic mass is 10.0. The average Bonchev–Trinajstić information content (AvgIpc) is 2.75. The van der Waals surface area contributed by atoms with Crippen molar-refractivity contribution in [3.05, 3.63) is 29.3 Å². The number of benzene rings is 1. The topological polar surface area (TPSA) is 24.5 Å². The summed E-state index contributed by atoms with van der Waals surface area (Å²) in [5.74, 6) is 0.963. The third-order valence-electron chi connectivity index (χ3n) is 3.16. The standard InChI is InChI=1S/C11H14N2O/c1-14-9-2-3-10-8(6-9)7-13-11(10)4-5-12-13/h2-3,6,11-12H,4-5,7H2,1H3. The van der Waals surface area contributed by atoms with E-state index in [0.717, 1.165) is 18.8 Å². The van der Waals surface area contributed by atoms with Crippen molar-refractivity contribution in [1.29, 1.82) is 0 Å². The maximum atomic E-state index is 5.22. The van der Waals surface area contributed by atoms with E-state index >= 15 is 0 Å². The summed E-state index contributed by atoms with van der Waals surface area (Å²) in [5, 5.41) is 2.32. The zero-order valence-corrected chi connectivity index (χ0v) is 8.29. The highest BCUT2D eigenvalue weighted by molar-refractivity contribution is 5.40. The van der Waals surface area contributed by atoms with Gasteiger partial charge in [0.15, 0.2) is 0 Å². The molecule has 0 saturated carbocycles. The van der Waals surface area contributed by atoms with Gasteiger partial charge in [-0.15, -0.1) is 0 Å². The SMILES string of the molecule is COc1ccc2c(c1)CN1NCCC21. The number of fused-ring (bicyclic) bond motifs is 3.